The van der Waals surface area contributed by atoms with Gasteiger partial charge >= 0.3 is 5.69 Å². The molecule has 1 saturated heterocycles. The fourth-order valence-electron chi connectivity index (χ4n) is 3.48. The van der Waals surface area contributed by atoms with Crippen LogP contribution in [0.1, 0.15) is 11.1 Å². The summed E-state index contributed by atoms with van der Waals surface area (Å²) in [5, 5.41) is 14.8. The van der Waals surface area contributed by atoms with Crippen LogP contribution >= 0.6 is 0 Å². The molecular weight excluding hydrogens is 382 g/mol. The lowest BCUT2D eigenvalue weighted by molar-refractivity contribution is -0.383. The lowest BCUT2D eigenvalue weighted by atomic mass is 10.2. The van der Waals surface area contributed by atoms with E-state index in [4.69, 9.17) is 0 Å². The molecule has 1 aliphatic rings. The molecule has 1 N–H and O–H groups in total. The molecule has 0 bridgehead atoms. The molecule has 9 nitrogen and oxygen atoms in total. The maximum absolute atomic E-state index is 11.9. The van der Waals surface area contributed by atoms with Crippen LogP contribution in [-0.4, -0.2) is 51.0 Å². The molecule has 3 aromatic rings. The number of piperazine rings is 1. The minimum absolute atomic E-state index is 0.128. The minimum atomic E-state index is -0.428. The Morgan fingerprint density at radius 3 is 2.47 bits per heavy atom. The summed E-state index contributed by atoms with van der Waals surface area (Å²) in [7, 11) is 0. The van der Waals surface area contributed by atoms with Gasteiger partial charge in [-0.25, -0.2) is 15.0 Å². The van der Waals surface area contributed by atoms with Gasteiger partial charge in [0.05, 0.1) is 4.92 Å². The third-order valence-corrected chi connectivity index (χ3v) is 5.06. The second kappa shape index (κ2) is 8.83. The molecule has 2 aromatic heterocycles. The number of pyridine rings is 1. The van der Waals surface area contributed by atoms with E-state index in [2.05, 4.69) is 37.3 Å². The number of nitrogens with zero attached hydrogens (tertiary/aromatic N) is 6. The Morgan fingerprint density at radius 2 is 1.80 bits per heavy atom. The van der Waals surface area contributed by atoms with Crippen LogP contribution in [0.4, 0.5) is 23.1 Å². The number of aryl methyl sites for hydroxylation is 1. The first-order valence-corrected chi connectivity index (χ1v) is 9.80. The number of hydrogen-bond donors (Lipinski definition) is 1. The highest BCUT2D eigenvalue weighted by atomic mass is 16.6. The first-order chi connectivity index (χ1) is 14.6. The maximum atomic E-state index is 11.9. The largest absolute Gasteiger partial charge is 0.353 e. The predicted octanol–water partition coefficient (Wildman–Crippen LogP) is 3.15. The van der Waals surface area contributed by atoms with Gasteiger partial charge in [-0.15, -0.1) is 0 Å². The third kappa shape index (κ3) is 4.52. The standard InChI is InChI=1S/C21H23N7O2/c1-16-7-8-18(22-13-16)25-20-19(28(29)30)21(24-15-23-20)27-11-9-26(10-12-27)14-17-5-3-2-4-6-17/h2-8,13,15H,9-12,14H2,1H3,(H,22,23,24,25). The summed E-state index contributed by atoms with van der Waals surface area (Å²) in [6, 6.07) is 13.9. The van der Waals surface area contributed by atoms with Crippen molar-refractivity contribution < 1.29 is 4.92 Å². The first-order valence-electron chi connectivity index (χ1n) is 9.80. The van der Waals surface area contributed by atoms with Crippen LogP contribution in [0.25, 0.3) is 0 Å². The number of hydrogen-bond acceptors (Lipinski definition) is 8. The molecule has 30 heavy (non-hydrogen) atoms. The van der Waals surface area contributed by atoms with E-state index < -0.39 is 4.92 Å². The SMILES string of the molecule is Cc1ccc(Nc2ncnc(N3CCN(Cc4ccccc4)CC3)c2[N+](=O)[O-])nc1. The van der Waals surface area contributed by atoms with Crippen molar-refractivity contribution in [1.29, 1.82) is 0 Å². The van der Waals surface area contributed by atoms with Gasteiger partial charge in [-0.3, -0.25) is 15.0 Å². The van der Waals surface area contributed by atoms with E-state index in [-0.39, 0.29) is 11.5 Å². The van der Waals surface area contributed by atoms with Gasteiger partial charge in [0.1, 0.15) is 12.1 Å². The van der Waals surface area contributed by atoms with Gasteiger partial charge in [-0.05, 0) is 24.1 Å². The minimum Gasteiger partial charge on any atom is -0.348 e. The molecule has 154 valence electrons. The molecule has 0 amide bonds. The molecular formula is C21H23N7O2. The molecule has 1 aromatic carbocycles. The summed E-state index contributed by atoms with van der Waals surface area (Å²) in [6.07, 6.45) is 3.05. The average Bonchev–Trinajstić information content (AvgIpc) is 2.76. The fraction of sp³-hybridized carbons (Fsp3) is 0.286. The lowest BCUT2D eigenvalue weighted by Crippen LogP contribution is -2.46. The Hall–Kier alpha value is -3.59. The molecule has 0 radical (unpaired) electrons. The fourth-order valence-corrected chi connectivity index (χ4v) is 3.48. The van der Waals surface area contributed by atoms with Crippen molar-refractivity contribution in [3.05, 3.63) is 76.2 Å². The van der Waals surface area contributed by atoms with E-state index in [0.717, 1.165) is 25.2 Å². The molecule has 1 fully saturated rings. The van der Waals surface area contributed by atoms with Crippen LogP contribution < -0.4 is 10.2 Å². The Labute approximate surface area is 174 Å². The van der Waals surface area contributed by atoms with Gasteiger partial charge in [-0.1, -0.05) is 36.4 Å². The highest BCUT2D eigenvalue weighted by Gasteiger charge is 2.29. The van der Waals surface area contributed by atoms with Crippen LogP contribution in [0.2, 0.25) is 0 Å². The van der Waals surface area contributed by atoms with E-state index in [9.17, 15) is 10.1 Å². The molecule has 3 heterocycles. The van der Waals surface area contributed by atoms with Crippen molar-refractivity contribution in [2.24, 2.45) is 0 Å². The Kier molecular flexibility index (Phi) is 5.80. The molecule has 4 rings (SSSR count). The second-order valence-electron chi connectivity index (χ2n) is 7.25. The van der Waals surface area contributed by atoms with Crippen molar-refractivity contribution in [2.45, 2.75) is 13.5 Å². The number of aromatic nitrogens is 3. The quantitative estimate of drug-likeness (QED) is 0.493. The topological polar surface area (TPSA) is 100 Å². The zero-order valence-electron chi connectivity index (χ0n) is 16.7. The molecule has 9 heteroatoms. The van der Waals surface area contributed by atoms with E-state index in [0.29, 0.717) is 24.7 Å². The molecule has 1 aliphatic heterocycles. The van der Waals surface area contributed by atoms with Gasteiger partial charge in [0.15, 0.2) is 0 Å². The summed E-state index contributed by atoms with van der Waals surface area (Å²) >= 11 is 0. The maximum Gasteiger partial charge on any atom is 0.353 e. The highest BCUT2D eigenvalue weighted by molar-refractivity contribution is 5.73. The Bertz CT molecular complexity index is 1000. The second-order valence-corrected chi connectivity index (χ2v) is 7.25. The zero-order chi connectivity index (χ0) is 20.9. The summed E-state index contributed by atoms with van der Waals surface area (Å²) in [6.45, 7) is 5.72. The lowest BCUT2D eigenvalue weighted by Gasteiger charge is -2.35. The van der Waals surface area contributed by atoms with Crippen LogP contribution in [0, 0.1) is 17.0 Å². The summed E-state index contributed by atoms with van der Waals surface area (Å²) in [5.41, 5.74) is 2.14. The molecule has 0 atom stereocenters. The number of nitro groups is 1. The van der Waals surface area contributed by atoms with Gasteiger partial charge in [0.25, 0.3) is 0 Å². The van der Waals surface area contributed by atoms with Crippen LogP contribution in [-0.2, 0) is 6.54 Å². The molecule has 0 aliphatic carbocycles. The van der Waals surface area contributed by atoms with E-state index in [1.165, 1.54) is 11.9 Å². The smallest absolute Gasteiger partial charge is 0.348 e. The molecule has 0 spiro atoms. The Balaban J connectivity index is 1.50. The van der Waals surface area contributed by atoms with Crippen molar-refractivity contribution in [2.75, 3.05) is 36.4 Å². The van der Waals surface area contributed by atoms with Gasteiger partial charge in [0.2, 0.25) is 11.6 Å². The molecule has 0 unspecified atom stereocenters. The van der Waals surface area contributed by atoms with Crippen LogP contribution in [0.3, 0.4) is 0 Å². The van der Waals surface area contributed by atoms with E-state index in [1.54, 1.807) is 12.3 Å². The van der Waals surface area contributed by atoms with E-state index in [1.807, 2.05) is 36.1 Å². The number of anilines is 3. The Morgan fingerprint density at radius 1 is 1.03 bits per heavy atom. The molecule has 0 saturated carbocycles. The van der Waals surface area contributed by atoms with Gasteiger partial charge in [0, 0.05) is 38.9 Å². The summed E-state index contributed by atoms with van der Waals surface area (Å²) in [4.78, 5) is 28.3. The van der Waals surface area contributed by atoms with Gasteiger partial charge < -0.3 is 10.2 Å². The monoisotopic (exact) mass is 405 g/mol. The van der Waals surface area contributed by atoms with Crippen molar-refractivity contribution >= 4 is 23.1 Å². The van der Waals surface area contributed by atoms with Crippen molar-refractivity contribution in [1.82, 2.24) is 19.9 Å². The van der Waals surface area contributed by atoms with E-state index >= 15 is 0 Å². The van der Waals surface area contributed by atoms with Gasteiger partial charge in [-0.2, -0.15) is 0 Å². The number of rotatable bonds is 6. The summed E-state index contributed by atoms with van der Waals surface area (Å²) < 4.78 is 0. The number of benzene rings is 1. The average molecular weight is 405 g/mol. The third-order valence-electron chi connectivity index (χ3n) is 5.06. The van der Waals surface area contributed by atoms with Crippen molar-refractivity contribution in [3.8, 4) is 0 Å². The highest BCUT2D eigenvalue weighted by Crippen LogP contribution is 2.33. The van der Waals surface area contributed by atoms with Crippen LogP contribution in [0.15, 0.2) is 55.0 Å². The number of nitrogens with one attached hydrogen (secondary N) is 1. The normalized spacial score (nSPS) is 14.5. The summed E-state index contributed by atoms with van der Waals surface area (Å²) in [5.74, 6) is 0.984. The van der Waals surface area contributed by atoms with Crippen molar-refractivity contribution in [3.63, 3.8) is 0 Å². The predicted molar refractivity (Wildman–Crippen MR) is 115 cm³/mol. The van der Waals surface area contributed by atoms with Crippen LogP contribution in [0.5, 0.6) is 0 Å². The first kappa shape index (κ1) is 19.7. The zero-order valence-corrected chi connectivity index (χ0v) is 16.7.